The molecule has 0 radical (unpaired) electrons. The maximum absolute atomic E-state index is 13.2. The van der Waals surface area contributed by atoms with Crippen molar-refractivity contribution in [2.45, 2.75) is 148 Å². The van der Waals surface area contributed by atoms with E-state index < -0.39 is 18.0 Å². The zero-order chi connectivity index (χ0) is 40.1. The van der Waals surface area contributed by atoms with Crippen LogP contribution in [0.15, 0.2) is 41.5 Å². The van der Waals surface area contributed by atoms with E-state index in [0.717, 1.165) is 85.8 Å². The molecule has 4 amide bonds. The summed E-state index contributed by atoms with van der Waals surface area (Å²) in [6, 6.07) is 7.13. The number of aryl methyl sites for hydroxylation is 3. The van der Waals surface area contributed by atoms with Gasteiger partial charge in [-0.1, -0.05) is 31.4 Å². The summed E-state index contributed by atoms with van der Waals surface area (Å²) in [6.45, 7) is 10.7. The Morgan fingerprint density at radius 3 is 2.55 bits per heavy atom. The lowest BCUT2D eigenvalue weighted by Crippen LogP contribution is -2.44. The van der Waals surface area contributed by atoms with Crippen LogP contribution >= 0.6 is 0 Å². The van der Waals surface area contributed by atoms with Crippen LogP contribution in [0.2, 0.25) is 0 Å². The molecule has 6 rings (SSSR count). The minimum absolute atomic E-state index is 0.0163. The number of piperidine rings is 1. The van der Waals surface area contributed by atoms with E-state index in [1.165, 1.54) is 4.57 Å². The van der Waals surface area contributed by atoms with E-state index in [1.807, 2.05) is 53.7 Å². The van der Waals surface area contributed by atoms with Gasteiger partial charge < -0.3 is 15.4 Å². The molecule has 1 aromatic carbocycles. The number of anilines is 1. The van der Waals surface area contributed by atoms with Crippen molar-refractivity contribution in [2.75, 3.05) is 5.32 Å². The number of unbranched alkanes of at least 4 members (excludes halogenated alkanes) is 4. The third kappa shape index (κ3) is 9.59. The number of aromatic nitrogens is 6. The second-order valence-corrected chi connectivity index (χ2v) is 16.7. The molecule has 1 saturated heterocycles. The molecule has 4 heterocycles. The first kappa shape index (κ1) is 40.5. The molecule has 3 aromatic heterocycles. The highest BCUT2D eigenvalue weighted by Crippen LogP contribution is 2.37. The predicted octanol–water partition coefficient (Wildman–Crippen LogP) is 5.61. The summed E-state index contributed by atoms with van der Waals surface area (Å²) in [5, 5.41) is 17.6. The van der Waals surface area contributed by atoms with Crippen LogP contribution in [-0.4, -0.2) is 64.7 Å². The zero-order valence-corrected chi connectivity index (χ0v) is 33.6. The van der Waals surface area contributed by atoms with E-state index in [-0.39, 0.29) is 53.9 Å². The number of nitrogens with one attached hydrogen (secondary N) is 3. The first-order valence-corrected chi connectivity index (χ1v) is 20.1. The van der Waals surface area contributed by atoms with Gasteiger partial charge in [-0.3, -0.25) is 33.5 Å². The number of benzene rings is 1. The SMILES string of the molecule is CC(C)NC(=O)O[C@@H]1CC[C@H](c2cc(NC(=O)Cc3cnn(CCCCCCCc4cccc5c4n(C)c(=O)n5C4CCC(=O)NC4=O)c3)n(C(C)(C)C)n2)C1. The molecule has 0 spiro atoms. The van der Waals surface area contributed by atoms with Crippen molar-refractivity contribution in [1.82, 2.24) is 39.3 Å². The molecule has 1 aliphatic heterocycles. The summed E-state index contributed by atoms with van der Waals surface area (Å²) >= 11 is 0. The Morgan fingerprint density at radius 2 is 1.80 bits per heavy atom. The average Bonchev–Trinajstić information content (AvgIpc) is 3.92. The fourth-order valence-electron chi connectivity index (χ4n) is 8.00. The number of carbonyl (C=O) groups is 4. The Hall–Kier alpha value is -5.21. The Kier molecular flexibility index (Phi) is 12.5. The molecule has 15 nitrogen and oxygen atoms in total. The third-order valence-corrected chi connectivity index (χ3v) is 10.7. The first-order valence-electron chi connectivity index (χ1n) is 20.1. The van der Waals surface area contributed by atoms with Gasteiger partial charge in [-0.25, -0.2) is 14.3 Å². The van der Waals surface area contributed by atoms with E-state index in [4.69, 9.17) is 9.84 Å². The maximum Gasteiger partial charge on any atom is 0.407 e. The topological polar surface area (TPSA) is 176 Å². The number of hydrogen-bond donors (Lipinski definition) is 3. The van der Waals surface area contributed by atoms with Crippen molar-refractivity contribution >= 4 is 40.7 Å². The number of alkyl carbamates (subject to hydrolysis) is 1. The van der Waals surface area contributed by atoms with Crippen molar-refractivity contribution < 1.29 is 23.9 Å². The summed E-state index contributed by atoms with van der Waals surface area (Å²) in [7, 11) is 1.74. The molecule has 4 aromatic rings. The van der Waals surface area contributed by atoms with Crippen LogP contribution in [-0.2, 0) is 51.1 Å². The summed E-state index contributed by atoms with van der Waals surface area (Å²) in [5.74, 6) is -0.0727. The number of rotatable bonds is 15. The first-order chi connectivity index (χ1) is 26.7. The Balaban J connectivity index is 0.943. The standard InChI is InChI=1S/C41H57N9O6/c1-26(2)43-39(54)56-30-17-16-29(22-30)31-23-34(50(46-31)41(3,4)5)44-36(52)21-27-24-42-48(25-27)20-11-9-7-8-10-13-28-14-12-15-32-37(28)47(6)40(55)49(32)33-18-19-35(51)45-38(33)53/h12,14-15,23-26,29-30,33H,7-11,13,16-22H2,1-6H3,(H,43,54)(H,44,52)(H,45,51,53)/t29-,30+,33?/m0/s1. The summed E-state index contributed by atoms with van der Waals surface area (Å²) in [6.07, 6.45) is 12.1. The third-order valence-electron chi connectivity index (χ3n) is 10.7. The lowest BCUT2D eigenvalue weighted by Gasteiger charge is -2.22. The number of imidazole rings is 1. The van der Waals surface area contributed by atoms with Crippen LogP contribution in [0.4, 0.5) is 10.6 Å². The number of hydrogen-bond acceptors (Lipinski definition) is 8. The normalized spacial score (nSPS) is 18.8. The second kappa shape index (κ2) is 17.3. The fraction of sp³-hybridized carbons (Fsp3) is 0.585. The maximum atomic E-state index is 13.2. The van der Waals surface area contributed by atoms with Gasteiger partial charge in [0.05, 0.1) is 34.9 Å². The quantitative estimate of drug-likeness (QED) is 0.103. The Bertz CT molecular complexity index is 2120. The van der Waals surface area contributed by atoms with Crippen LogP contribution < -0.4 is 21.6 Å². The number of amides is 4. The molecule has 15 heteroatoms. The van der Waals surface area contributed by atoms with Gasteiger partial charge in [-0.2, -0.15) is 10.2 Å². The van der Waals surface area contributed by atoms with Gasteiger partial charge in [0.15, 0.2) is 0 Å². The van der Waals surface area contributed by atoms with Gasteiger partial charge >= 0.3 is 11.8 Å². The van der Waals surface area contributed by atoms with Crippen LogP contribution in [0.1, 0.15) is 128 Å². The van der Waals surface area contributed by atoms with Crippen LogP contribution in [0.5, 0.6) is 0 Å². The van der Waals surface area contributed by atoms with Gasteiger partial charge in [0, 0.05) is 44.2 Å². The van der Waals surface area contributed by atoms with Crippen molar-refractivity contribution in [3.63, 3.8) is 0 Å². The van der Waals surface area contributed by atoms with Crippen LogP contribution in [0.3, 0.4) is 0 Å². The lowest BCUT2D eigenvalue weighted by molar-refractivity contribution is -0.135. The highest BCUT2D eigenvalue weighted by Gasteiger charge is 2.33. The minimum atomic E-state index is -0.690. The molecule has 1 saturated carbocycles. The van der Waals surface area contributed by atoms with Crippen molar-refractivity contribution in [3.05, 3.63) is 64.0 Å². The highest BCUT2D eigenvalue weighted by molar-refractivity contribution is 6.00. The Morgan fingerprint density at radius 1 is 1.04 bits per heavy atom. The number of carbonyl (C=O) groups excluding carboxylic acids is 4. The van der Waals surface area contributed by atoms with E-state index in [9.17, 15) is 24.0 Å². The predicted molar refractivity (Wildman–Crippen MR) is 212 cm³/mol. The molecule has 3 atom stereocenters. The molecule has 3 N–H and O–H groups in total. The zero-order valence-electron chi connectivity index (χ0n) is 33.6. The van der Waals surface area contributed by atoms with Gasteiger partial charge in [-0.15, -0.1) is 0 Å². The van der Waals surface area contributed by atoms with E-state index in [2.05, 4.69) is 41.8 Å². The van der Waals surface area contributed by atoms with E-state index in [1.54, 1.807) is 17.8 Å². The van der Waals surface area contributed by atoms with E-state index in [0.29, 0.717) is 18.7 Å². The molecule has 302 valence electrons. The number of nitrogens with zero attached hydrogens (tertiary/aromatic N) is 6. The number of para-hydroxylation sites is 1. The van der Waals surface area contributed by atoms with Crippen LogP contribution in [0.25, 0.3) is 11.0 Å². The highest BCUT2D eigenvalue weighted by atomic mass is 16.6. The number of fused-ring (bicyclic) bond motifs is 1. The summed E-state index contributed by atoms with van der Waals surface area (Å²) < 4.78 is 12.5. The van der Waals surface area contributed by atoms with Crippen molar-refractivity contribution in [1.29, 1.82) is 0 Å². The molecule has 1 unspecified atom stereocenters. The van der Waals surface area contributed by atoms with Gasteiger partial charge in [0.25, 0.3) is 0 Å². The number of ether oxygens (including phenoxy) is 1. The summed E-state index contributed by atoms with van der Waals surface area (Å²) in [4.78, 5) is 62.8. The molecule has 0 bridgehead atoms. The number of imide groups is 1. The van der Waals surface area contributed by atoms with Crippen LogP contribution in [0, 0.1) is 0 Å². The molecular formula is C41H57N9O6. The molecule has 2 fully saturated rings. The second-order valence-electron chi connectivity index (χ2n) is 16.7. The van der Waals surface area contributed by atoms with Gasteiger partial charge in [-0.05, 0) is 96.8 Å². The average molecular weight is 772 g/mol. The van der Waals surface area contributed by atoms with Gasteiger partial charge in [0.2, 0.25) is 17.7 Å². The fourth-order valence-corrected chi connectivity index (χ4v) is 8.00. The molecular weight excluding hydrogens is 715 g/mol. The molecule has 2 aliphatic rings. The summed E-state index contributed by atoms with van der Waals surface area (Å²) in [5.41, 5.74) is 3.78. The molecule has 56 heavy (non-hydrogen) atoms. The van der Waals surface area contributed by atoms with E-state index >= 15 is 0 Å². The molecule has 1 aliphatic carbocycles. The van der Waals surface area contributed by atoms with Gasteiger partial charge in [0.1, 0.15) is 18.0 Å². The monoisotopic (exact) mass is 771 g/mol. The lowest BCUT2D eigenvalue weighted by atomic mass is 10.0. The Labute approximate surface area is 327 Å². The van der Waals surface area contributed by atoms with Crippen molar-refractivity contribution in [2.24, 2.45) is 7.05 Å². The largest absolute Gasteiger partial charge is 0.446 e. The van der Waals surface area contributed by atoms with Crippen molar-refractivity contribution in [3.8, 4) is 0 Å². The minimum Gasteiger partial charge on any atom is -0.446 e. The smallest absolute Gasteiger partial charge is 0.407 e.